The number of ether oxygens (including phenoxy) is 2. The number of aliphatic hydroxyl groups excluding tert-OH is 1. The van der Waals surface area contributed by atoms with Gasteiger partial charge in [0.25, 0.3) is 5.91 Å². The van der Waals surface area contributed by atoms with E-state index in [-0.39, 0.29) is 36.1 Å². The number of Topliss-reactive ketones (excluding diaryl/α,β-unsaturated/α-hetero) is 1. The van der Waals surface area contributed by atoms with E-state index in [0.29, 0.717) is 24.3 Å². The highest BCUT2D eigenvalue weighted by molar-refractivity contribution is 6.11. The predicted octanol–water partition coefficient (Wildman–Crippen LogP) is 2.37. The Bertz CT molecular complexity index is 787. The maximum absolute atomic E-state index is 13.3. The minimum atomic E-state index is -0.482. The van der Waals surface area contributed by atoms with Crippen LogP contribution < -0.4 is 4.74 Å². The quantitative estimate of drug-likeness (QED) is 0.860. The summed E-state index contributed by atoms with van der Waals surface area (Å²) >= 11 is 0. The van der Waals surface area contributed by atoms with Crippen LogP contribution in [0, 0.1) is 5.92 Å². The Morgan fingerprint density at radius 3 is 2.85 bits per heavy atom. The molecule has 1 aromatic rings. The number of aliphatic hydroxyl groups is 1. The van der Waals surface area contributed by atoms with Gasteiger partial charge in [-0.2, -0.15) is 0 Å². The smallest absolute Gasteiger partial charge is 0.290 e. The summed E-state index contributed by atoms with van der Waals surface area (Å²) in [6.07, 6.45) is 3.95. The van der Waals surface area contributed by atoms with Gasteiger partial charge in [0.2, 0.25) is 0 Å². The fourth-order valence-electron chi connectivity index (χ4n) is 4.52. The third-order valence-corrected chi connectivity index (χ3v) is 5.83. The summed E-state index contributed by atoms with van der Waals surface area (Å²) in [6, 6.07) is 6.98. The van der Waals surface area contributed by atoms with E-state index in [0.717, 1.165) is 31.2 Å². The molecule has 1 amide bonds. The van der Waals surface area contributed by atoms with E-state index in [1.807, 2.05) is 24.3 Å². The molecule has 1 aliphatic carbocycles. The Morgan fingerprint density at radius 1 is 1.26 bits per heavy atom. The lowest BCUT2D eigenvalue weighted by Gasteiger charge is -2.35. The maximum atomic E-state index is 13.3. The highest BCUT2D eigenvalue weighted by Crippen LogP contribution is 2.47. The predicted molar refractivity (Wildman–Crippen MR) is 98.0 cm³/mol. The molecular weight excluding hydrogens is 346 g/mol. The number of amides is 1. The second kappa shape index (κ2) is 7.35. The zero-order valence-corrected chi connectivity index (χ0v) is 15.5. The Balaban J connectivity index is 1.77. The Hall–Kier alpha value is -2.34. The van der Waals surface area contributed by atoms with E-state index in [4.69, 9.17) is 9.47 Å². The summed E-state index contributed by atoms with van der Waals surface area (Å²) in [7, 11) is 1.59. The zero-order chi connectivity index (χ0) is 19.0. The van der Waals surface area contributed by atoms with Crippen molar-refractivity contribution in [2.45, 2.75) is 44.2 Å². The number of hydrogen-bond donors (Lipinski definition) is 1. The molecule has 3 aliphatic rings. The van der Waals surface area contributed by atoms with Gasteiger partial charge in [-0.15, -0.1) is 0 Å². The number of benzene rings is 1. The lowest BCUT2D eigenvalue weighted by atomic mass is 9.77. The van der Waals surface area contributed by atoms with Crippen LogP contribution in [0.5, 0.6) is 5.75 Å². The number of ketones is 1. The molecule has 1 fully saturated rings. The summed E-state index contributed by atoms with van der Waals surface area (Å²) < 4.78 is 11.4. The van der Waals surface area contributed by atoms with E-state index < -0.39 is 6.04 Å². The average Bonchev–Trinajstić information content (AvgIpc) is 2.99. The van der Waals surface area contributed by atoms with Crippen LogP contribution in [-0.4, -0.2) is 48.1 Å². The molecule has 0 spiro atoms. The third kappa shape index (κ3) is 3.02. The summed E-state index contributed by atoms with van der Waals surface area (Å²) in [5.74, 6) is 0.540. The molecule has 0 radical (unpaired) electrons. The molecule has 2 heterocycles. The molecule has 6 heteroatoms. The van der Waals surface area contributed by atoms with Gasteiger partial charge in [-0.3, -0.25) is 9.59 Å². The van der Waals surface area contributed by atoms with Crippen molar-refractivity contribution in [3.05, 3.63) is 41.2 Å². The Kier molecular flexibility index (Phi) is 4.91. The Labute approximate surface area is 158 Å². The molecule has 4 rings (SSSR count). The lowest BCUT2D eigenvalue weighted by molar-refractivity contribution is -0.135. The molecule has 2 aliphatic heterocycles. The van der Waals surface area contributed by atoms with Gasteiger partial charge in [0, 0.05) is 13.2 Å². The minimum absolute atomic E-state index is 0.0146. The fraction of sp³-hybridized carbons (Fsp3) is 0.524. The molecule has 3 unspecified atom stereocenters. The van der Waals surface area contributed by atoms with Crippen molar-refractivity contribution >= 4 is 11.7 Å². The summed E-state index contributed by atoms with van der Waals surface area (Å²) in [5, 5.41) is 9.26. The summed E-state index contributed by atoms with van der Waals surface area (Å²) in [4.78, 5) is 28.1. The Morgan fingerprint density at radius 2 is 2.07 bits per heavy atom. The van der Waals surface area contributed by atoms with E-state index in [1.165, 1.54) is 0 Å². The molecule has 1 saturated carbocycles. The van der Waals surface area contributed by atoms with Gasteiger partial charge in [-0.1, -0.05) is 18.6 Å². The van der Waals surface area contributed by atoms with Crippen LogP contribution in [0.4, 0.5) is 0 Å². The third-order valence-electron chi connectivity index (χ3n) is 5.83. The number of rotatable bonds is 5. The van der Waals surface area contributed by atoms with Crippen molar-refractivity contribution in [2.24, 2.45) is 5.92 Å². The van der Waals surface area contributed by atoms with Crippen molar-refractivity contribution in [1.29, 1.82) is 0 Å². The first-order valence-electron chi connectivity index (χ1n) is 9.66. The molecule has 0 aromatic heterocycles. The molecule has 0 bridgehead atoms. The molecule has 0 saturated heterocycles. The zero-order valence-electron chi connectivity index (χ0n) is 15.5. The van der Waals surface area contributed by atoms with Crippen molar-refractivity contribution in [2.75, 3.05) is 20.3 Å². The summed E-state index contributed by atoms with van der Waals surface area (Å²) in [5.41, 5.74) is 1.31. The van der Waals surface area contributed by atoms with Crippen molar-refractivity contribution in [3.63, 3.8) is 0 Å². The van der Waals surface area contributed by atoms with Gasteiger partial charge in [0.1, 0.15) is 11.9 Å². The van der Waals surface area contributed by atoms with Crippen LogP contribution in [0.1, 0.15) is 43.7 Å². The van der Waals surface area contributed by atoms with Gasteiger partial charge in [-0.25, -0.2) is 0 Å². The van der Waals surface area contributed by atoms with Gasteiger partial charge in [0.15, 0.2) is 11.5 Å². The van der Waals surface area contributed by atoms with Gasteiger partial charge >= 0.3 is 0 Å². The van der Waals surface area contributed by atoms with Crippen molar-refractivity contribution in [3.8, 4) is 5.75 Å². The summed E-state index contributed by atoms with van der Waals surface area (Å²) in [6.45, 7) is 0.357. The number of carbonyl (C=O) groups is 2. The number of fused-ring (bicyclic) bond motifs is 1. The first-order valence-corrected chi connectivity index (χ1v) is 9.66. The second-order valence-electron chi connectivity index (χ2n) is 7.41. The average molecular weight is 371 g/mol. The van der Waals surface area contributed by atoms with E-state index in [9.17, 15) is 14.7 Å². The number of carbonyl (C=O) groups excluding carboxylic acids is 2. The minimum Gasteiger partial charge on any atom is -0.497 e. The highest BCUT2D eigenvalue weighted by Gasteiger charge is 2.51. The molecular formula is C21H25NO5. The van der Waals surface area contributed by atoms with Crippen LogP contribution >= 0.6 is 0 Å². The number of hydrogen-bond acceptors (Lipinski definition) is 5. The van der Waals surface area contributed by atoms with Crippen LogP contribution in [0.2, 0.25) is 0 Å². The van der Waals surface area contributed by atoms with Crippen LogP contribution in [0.25, 0.3) is 0 Å². The first kappa shape index (κ1) is 18.0. The van der Waals surface area contributed by atoms with Crippen molar-refractivity contribution in [1.82, 2.24) is 4.90 Å². The molecule has 1 aromatic carbocycles. The van der Waals surface area contributed by atoms with Crippen molar-refractivity contribution < 1.29 is 24.2 Å². The topological polar surface area (TPSA) is 76.1 Å². The van der Waals surface area contributed by atoms with Crippen LogP contribution in [0.3, 0.4) is 0 Å². The van der Waals surface area contributed by atoms with E-state index >= 15 is 0 Å². The first-order chi connectivity index (χ1) is 13.2. The normalized spacial score (nSPS) is 27.3. The molecule has 27 heavy (non-hydrogen) atoms. The SMILES string of the molecule is COc1cccc(C2C3=C(OC4CCCCC4C3=O)C(=O)N2CCCO)c1. The molecule has 6 nitrogen and oxygen atoms in total. The van der Waals surface area contributed by atoms with Gasteiger partial charge < -0.3 is 19.5 Å². The molecule has 1 N–H and O–H groups in total. The molecule has 144 valence electrons. The monoisotopic (exact) mass is 371 g/mol. The van der Waals surface area contributed by atoms with Crippen LogP contribution in [-0.2, 0) is 14.3 Å². The fourth-order valence-corrected chi connectivity index (χ4v) is 4.52. The highest BCUT2D eigenvalue weighted by atomic mass is 16.5. The van der Waals surface area contributed by atoms with Crippen LogP contribution in [0.15, 0.2) is 35.6 Å². The van der Waals surface area contributed by atoms with E-state index in [1.54, 1.807) is 12.0 Å². The van der Waals surface area contributed by atoms with Gasteiger partial charge in [-0.05, 0) is 43.4 Å². The standard InChI is InChI=1S/C21H25NO5/c1-26-14-7-4-6-13(12-14)18-17-19(24)15-8-2-3-9-16(15)27-20(17)21(25)22(18)10-5-11-23/h4,6-7,12,15-16,18,23H,2-3,5,8-11H2,1H3. The number of nitrogens with zero attached hydrogens (tertiary/aromatic N) is 1. The number of methoxy groups -OCH3 is 1. The maximum Gasteiger partial charge on any atom is 0.290 e. The molecule has 3 atom stereocenters. The largest absolute Gasteiger partial charge is 0.497 e. The second-order valence-corrected chi connectivity index (χ2v) is 7.41. The van der Waals surface area contributed by atoms with E-state index in [2.05, 4.69) is 0 Å². The van der Waals surface area contributed by atoms with Gasteiger partial charge in [0.05, 0.1) is 24.6 Å². The lowest BCUT2D eigenvalue weighted by Crippen LogP contribution is -2.39.